The summed E-state index contributed by atoms with van der Waals surface area (Å²) in [5.41, 5.74) is 1.71. The van der Waals surface area contributed by atoms with Crippen LogP contribution in [-0.2, 0) is 21.2 Å². The van der Waals surface area contributed by atoms with Crippen LogP contribution in [0.15, 0.2) is 4.52 Å². The number of nitrogens with zero attached hydrogens (tertiary/aromatic N) is 2. The van der Waals surface area contributed by atoms with Gasteiger partial charge in [0.2, 0.25) is 15.9 Å². The van der Waals surface area contributed by atoms with E-state index in [9.17, 15) is 13.2 Å². The van der Waals surface area contributed by atoms with E-state index in [0.717, 1.165) is 24.1 Å². The van der Waals surface area contributed by atoms with Crippen molar-refractivity contribution in [2.75, 3.05) is 6.54 Å². The summed E-state index contributed by atoms with van der Waals surface area (Å²) in [4.78, 5) is 13.7. The van der Waals surface area contributed by atoms with E-state index in [-0.39, 0.29) is 24.4 Å². The third-order valence-electron chi connectivity index (χ3n) is 4.61. The zero-order valence-corrected chi connectivity index (χ0v) is 14.5. The van der Waals surface area contributed by atoms with Crippen LogP contribution in [0.25, 0.3) is 0 Å². The first-order chi connectivity index (χ1) is 10.8. The van der Waals surface area contributed by atoms with Gasteiger partial charge >= 0.3 is 0 Å². The summed E-state index contributed by atoms with van der Waals surface area (Å²) in [6.45, 7) is 5.80. The summed E-state index contributed by atoms with van der Waals surface area (Å²) in [6.07, 6.45) is 2.60. The van der Waals surface area contributed by atoms with Gasteiger partial charge in [0.15, 0.2) is 0 Å². The van der Waals surface area contributed by atoms with Crippen molar-refractivity contribution in [1.82, 2.24) is 14.8 Å². The van der Waals surface area contributed by atoms with E-state index in [4.69, 9.17) is 4.52 Å². The normalized spacial score (nSPS) is 23.5. The Bertz CT molecular complexity index is 689. The Labute approximate surface area is 136 Å². The molecule has 2 unspecified atom stereocenters. The largest absolute Gasteiger partial charge is 0.361 e. The fourth-order valence-electron chi connectivity index (χ4n) is 3.16. The van der Waals surface area contributed by atoms with Crippen molar-refractivity contribution in [2.45, 2.75) is 63.8 Å². The van der Waals surface area contributed by atoms with Crippen molar-refractivity contribution in [3.63, 3.8) is 0 Å². The van der Waals surface area contributed by atoms with E-state index in [0.29, 0.717) is 18.7 Å². The van der Waals surface area contributed by atoms with Gasteiger partial charge in [-0.1, -0.05) is 5.16 Å². The van der Waals surface area contributed by atoms with Gasteiger partial charge in [-0.05, 0) is 40.0 Å². The number of nitrogens with one attached hydrogen (secondary N) is 1. The molecular weight excluding hydrogens is 318 g/mol. The first kappa shape index (κ1) is 16.4. The van der Waals surface area contributed by atoms with Gasteiger partial charge in [0.25, 0.3) is 0 Å². The van der Waals surface area contributed by atoms with Gasteiger partial charge in [-0.3, -0.25) is 4.79 Å². The molecule has 128 valence electrons. The van der Waals surface area contributed by atoms with E-state index in [1.807, 2.05) is 20.8 Å². The molecule has 1 N–H and O–H groups in total. The van der Waals surface area contributed by atoms with Crippen LogP contribution in [0.5, 0.6) is 0 Å². The van der Waals surface area contributed by atoms with Gasteiger partial charge in [0.1, 0.15) is 11.0 Å². The smallest absolute Gasteiger partial charge is 0.224 e. The van der Waals surface area contributed by atoms with Crippen molar-refractivity contribution >= 4 is 15.9 Å². The standard InChI is InChI=1S/C15H23N3O4S/c1-9(6-14-10(2)16-22-11(14)3)17-23(20,21)13-7-15(19)18(8-13)12-4-5-12/h9,12-13,17H,4-8H2,1-3H3. The molecule has 0 bridgehead atoms. The second kappa shape index (κ2) is 5.90. The van der Waals surface area contributed by atoms with Gasteiger partial charge in [0.05, 0.1) is 5.69 Å². The molecule has 0 spiro atoms. The van der Waals surface area contributed by atoms with Crippen molar-refractivity contribution in [1.29, 1.82) is 0 Å². The lowest BCUT2D eigenvalue weighted by molar-refractivity contribution is -0.128. The molecule has 1 aromatic heterocycles. The minimum absolute atomic E-state index is 0.0405. The summed E-state index contributed by atoms with van der Waals surface area (Å²) in [5, 5.41) is 3.24. The van der Waals surface area contributed by atoms with Crippen LogP contribution >= 0.6 is 0 Å². The number of rotatable bonds is 6. The highest BCUT2D eigenvalue weighted by Gasteiger charge is 2.44. The topological polar surface area (TPSA) is 92.5 Å². The molecule has 0 aromatic carbocycles. The number of carbonyl (C=O) groups is 1. The van der Waals surface area contributed by atoms with E-state index < -0.39 is 15.3 Å². The summed E-state index contributed by atoms with van der Waals surface area (Å²) in [7, 11) is -3.52. The lowest BCUT2D eigenvalue weighted by Crippen LogP contribution is -2.42. The van der Waals surface area contributed by atoms with Crippen LogP contribution in [0.2, 0.25) is 0 Å². The maximum Gasteiger partial charge on any atom is 0.224 e. The third-order valence-corrected chi connectivity index (χ3v) is 6.53. The quantitative estimate of drug-likeness (QED) is 0.830. The Hall–Kier alpha value is -1.41. The van der Waals surface area contributed by atoms with Crippen molar-refractivity contribution in [2.24, 2.45) is 0 Å². The van der Waals surface area contributed by atoms with Crippen LogP contribution in [0.3, 0.4) is 0 Å². The number of aryl methyl sites for hydroxylation is 2. The lowest BCUT2D eigenvalue weighted by atomic mass is 10.1. The minimum Gasteiger partial charge on any atom is -0.361 e. The lowest BCUT2D eigenvalue weighted by Gasteiger charge is -2.19. The van der Waals surface area contributed by atoms with Gasteiger partial charge in [-0.15, -0.1) is 0 Å². The molecule has 2 fully saturated rings. The molecule has 2 aliphatic rings. The molecule has 8 heteroatoms. The molecular formula is C15H23N3O4S. The predicted molar refractivity (Wildman–Crippen MR) is 84.3 cm³/mol. The van der Waals surface area contributed by atoms with Gasteiger partial charge in [-0.25, -0.2) is 13.1 Å². The number of hydrogen-bond acceptors (Lipinski definition) is 5. The fourth-order valence-corrected chi connectivity index (χ4v) is 4.72. The predicted octanol–water partition coefficient (Wildman–Crippen LogP) is 0.905. The number of carbonyl (C=O) groups excluding carboxylic acids is 1. The molecule has 2 atom stereocenters. The highest BCUT2D eigenvalue weighted by Crippen LogP contribution is 2.32. The molecule has 1 amide bonds. The Morgan fingerprint density at radius 3 is 2.65 bits per heavy atom. The first-order valence-corrected chi connectivity index (χ1v) is 9.55. The van der Waals surface area contributed by atoms with Gasteiger partial charge < -0.3 is 9.42 Å². The highest BCUT2D eigenvalue weighted by atomic mass is 32.2. The summed E-state index contributed by atoms with van der Waals surface area (Å²) >= 11 is 0. The van der Waals surface area contributed by atoms with Crippen molar-refractivity contribution < 1.29 is 17.7 Å². The van der Waals surface area contributed by atoms with E-state index in [1.165, 1.54) is 0 Å². The zero-order chi connectivity index (χ0) is 16.8. The van der Waals surface area contributed by atoms with Gasteiger partial charge in [0, 0.05) is 30.6 Å². The molecule has 7 nitrogen and oxygen atoms in total. The second-order valence-corrected chi connectivity index (χ2v) is 8.67. The molecule has 3 rings (SSSR count). The maximum atomic E-state index is 12.5. The monoisotopic (exact) mass is 341 g/mol. The molecule has 1 aliphatic carbocycles. The Morgan fingerprint density at radius 2 is 2.09 bits per heavy atom. The van der Waals surface area contributed by atoms with Crippen molar-refractivity contribution in [3.05, 3.63) is 17.0 Å². The second-order valence-electron chi connectivity index (χ2n) is 6.67. The third kappa shape index (κ3) is 3.42. The number of likely N-dealkylation sites (tertiary alicyclic amines) is 1. The SMILES string of the molecule is Cc1noc(C)c1CC(C)NS(=O)(=O)C1CC(=O)N(C2CC2)C1. The van der Waals surface area contributed by atoms with Crippen LogP contribution in [0, 0.1) is 13.8 Å². The maximum absolute atomic E-state index is 12.5. The molecule has 1 saturated heterocycles. The van der Waals surface area contributed by atoms with Crippen LogP contribution < -0.4 is 4.72 Å². The Kier molecular flexibility index (Phi) is 4.22. The number of amides is 1. The molecule has 1 aromatic rings. The number of hydrogen-bond donors (Lipinski definition) is 1. The molecule has 23 heavy (non-hydrogen) atoms. The van der Waals surface area contributed by atoms with E-state index in [1.54, 1.807) is 4.90 Å². The molecule has 2 heterocycles. The molecule has 1 aliphatic heterocycles. The highest BCUT2D eigenvalue weighted by molar-refractivity contribution is 7.90. The number of aromatic nitrogens is 1. The molecule has 1 saturated carbocycles. The first-order valence-electron chi connectivity index (χ1n) is 8.00. The van der Waals surface area contributed by atoms with Crippen LogP contribution in [-0.4, -0.2) is 48.3 Å². The number of sulfonamides is 1. The van der Waals surface area contributed by atoms with E-state index >= 15 is 0 Å². The van der Waals surface area contributed by atoms with Crippen molar-refractivity contribution in [3.8, 4) is 0 Å². The summed E-state index contributed by atoms with van der Waals surface area (Å²) < 4.78 is 32.9. The zero-order valence-electron chi connectivity index (χ0n) is 13.7. The Balaban J connectivity index is 1.63. The molecule has 0 radical (unpaired) electrons. The van der Waals surface area contributed by atoms with Crippen LogP contribution in [0.4, 0.5) is 0 Å². The summed E-state index contributed by atoms with van der Waals surface area (Å²) in [6, 6.07) is -0.00990. The average molecular weight is 341 g/mol. The van der Waals surface area contributed by atoms with Gasteiger partial charge in [-0.2, -0.15) is 0 Å². The Morgan fingerprint density at radius 1 is 1.39 bits per heavy atom. The minimum atomic E-state index is -3.52. The summed E-state index contributed by atoms with van der Waals surface area (Å²) in [5.74, 6) is 0.672. The average Bonchev–Trinajstić information content (AvgIpc) is 3.16. The fraction of sp³-hybridized carbons (Fsp3) is 0.733. The van der Waals surface area contributed by atoms with Crippen LogP contribution in [0.1, 0.15) is 43.2 Å². The van der Waals surface area contributed by atoms with E-state index in [2.05, 4.69) is 9.88 Å².